The molecule has 1 aliphatic rings. The molecular weight excluding hydrogens is 387 g/mol. The number of amides is 1. The van der Waals surface area contributed by atoms with E-state index in [1.54, 1.807) is 16.3 Å². The Morgan fingerprint density at radius 2 is 2.00 bits per heavy atom. The summed E-state index contributed by atoms with van der Waals surface area (Å²) >= 11 is 7.23. The van der Waals surface area contributed by atoms with Crippen LogP contribution in [-0.4, -0.2) is 29.7 Å². The topological polar surface area (TPSA) is 37.4 Å². The van der Waals surface area contributed by atoms with Crippen molar-refractivity contribution in [3.8, 4) is 0 Å². The zero-order valence-corrected chi connectivity index (χ0v) is 15.1. The Labute approximate surface area is 157 Å². The summed E-state index contributed by atoms with van der Waals surface area (Å²) in [5.41, 5.74) is -0.828. The molecule has 0 bridgehead atoms. The summed E-state index contributed by atoms with van der Waals surface area (Å²) in [4.78, 5) is 27.2. The van der Waals surface area contributed by atoms with Gasteiger partial charge in [0.1, 0.15) is 4.88 Å². The standard InChI is InChI=1S/C18H15ClF3NO2S/c19-14-6-8-26-16(14)17(25)23-7-2-4-12(10-23)15(24)11-3-1-5-13(9-11)18(20,21)22/h1,3,5-6,8-9,12H,2,4,7,10H2. The van der Waals surface area contributed by atoms with Gasteiger partial charge >= 0.3 is 6.18 Å². The molecular formula is C18H15ClF3NO2S. The molecule has 138 valence electrons. The number of hydrogen-bond acceptors (Lipinski definition) is 3. The summed E-state index contributed by atoms with van der Waals surface area (Å²) in [6, 6.07) is 6.06. The fourth-order valence-corrected chi connectivity index (χ4v) is 4.15. The molecule has 1 unspecified atom stereocenters. The van der Waals surface area contributed by atoms with E-state index in [0.717, 1.165) is 12.1 Å². The average molecular weight is 402 g/mol. The highest BCUT2D eigenvalue weighted by atomic mass is 35.5. The van der Waals surface area contributed by atoms with Crippen molar-refractivity contribution < 1.29 is 22.8 Å². The molecule has 3 rings (SSSR count). The first-order chi connectivity index (χ1) is 12.3. The van der Waals surface area contributed by atoms with E-state index >= 15 is 0 Å². The number of carbonyl (C=O) groups excluding carboxylic acids is 2. The van der Waals surface area contributed by atoms with Gasteiger partial charge in [0.05, 0.1) is 10.6 Å². The molecule has 1 saturated heterocycles. The maximum absolute atomic E-state index is 12.9. The number of piperidine rings is 1. The molecule has 0 spiro atoms. The maximum atomic E-state index is 12.9. The molecule has 26 heavy (non-hydrogen) atoms. The summed E-state index contributed by atoms with van der Waals surface area (Å²) < 4.78 is 38.6. The van der Waals surface area contributed by atoms with Gasteiger partial charge in [-0.15, -0.1) is 11.3 Å². The number of ketones is 1. The smallest absolute Gasteiger partial charge is 0.337 e. The van der Waals surface area contributed by atoms with Crippen LogP contribution in [0.5, 0.6) is 0 Å². The van der Waals surface area contributed by atoms with E-state index in [2.05, 4.69) is 0 Å². The Bertz CT molecular complexity index is 834. The number of thiophene rings is 1. The number of hydrogen-bond donors (Lipinski definition) is 0. The molecule has 0 radical (unpaired) electrons. The molecule has 8 heteroatoms. The van der Waals surface area contributed by atoms with Crippen LogP contribution in [0, 0.1) is 5.92 Å². The highest BCUT2D eigenvalue weighted by Crippen LogP contribution is 2.31. The van der Waals surface area contributed by atoms with Gasteiger partial charge in [-0.1, -0.05) is 23.7 Å². The van der Waals surface area contributed by atoms with Crippen LogP contribution in [0.2, 0.25) is 5.02 Å². The van der Waals surface area contributed by atoms with Crippen LogP contribution < -0.4 is 0 Å². The first kappa shape index (κ1) is 18.9. The van der Waals surface area contributed by atoms with E-state index in [9.17, 15) is 22.8 Å². The highest BCUT2D eigenvalue weighted by molar-refractivity contribution is 7.12. The van der Waals surface area contributed by atoms with Gasteiger partial charge in [0, 0.05) is 24.6 Å². The number of halogens is 4. The molecule has 1 aliphatic heterocycles. The predicted molar refractivity (Wildman–Crippen MR) is 93.7 cm³/mol. The second-order valence-corrected chi connectivity index (χ2v) is 7.45. The third kappa shape index (κ3) is 3.94. The Hall–Kier alpha value is -1.86. The molecule has 1 aromatic carbocycles. The lowest BCUT2D eigenvalue weighted by Crippen LogP contribution is -2.42. The Morgan fingerprint density at radius 3 is 2.65 bits per heavy atom. The van der Waals surface area contributed by atoms with Crippen molar-refractivity contribution in [3.05, 3.63) is 56.7 Å². The van der Waals surface area contributed by atoms with Gasteiger partial charge in [0.2, 0.25) is 0 Å². The van der Waals surface area contributed by atoms with Crippen molar-refractivity contribution in [3.63, 3.8) is 0 Å². The molecule has 1 atom stereocenters. The first-order valence-electron chi connectivity index (χ1n) is 8.01. The third-order valence-electron chi connectivity index (χ3n) is 4.37. The number of likely N-dealkylation sites (tertiary alicyclic amines) is 1. The lowest BCUT2D eigenvalue weighted by Gasteiger charge is -2.32. The van der Waals surface area contributed by atoms with E-state index in [-0.39, 0.29) is 23.8 Å². The normalized spacial score (nSPS) is 18.0. The number of Topliss-reactive ketones (excluding diaryl/α,β-unsaturated/α-hetero) is 1. The fraction of sp³-hybridized carbons (Fsp3) is 0.333. The summed E-state index contributed by atoms with van der Waals surface area (Å²) in [5.74, 6) is -1.13. The van der Waals surface area contributed by atoms with Crippen LogP contribution in [0.15, 0.2) is 35.7 Å². The minimum absolute atomic E-state index is 0.0216. The van der Waals surface area contributed by atoms with Gasteiger partial charge < -0.3 is 4.90 Å². The number of carbonyl (C=O) groups is 2. The van der Waals surface area contributed by atoms with E-state index < -0.39 is 17.7 Å². The van der Waals surface area contributed by atoms with Crippen molar-refractivity contribution in [1.82, 2.24) is 4.90 Å². The summed E-state index contributed by atoms with van der Waals surface area (Å²) in [5, 5.41) is 2.08. The second-order valence-electron chi connectivity index (χ2n) is 6.13. The summed E-state index contributed by atoms with van der Waals surface area (Å²) in [6.45, 7) is 0.682. The summed E-state index contributed by atoms with van der Waals surface area (Å²) in [6.07, 6.45) is -3.35. The van der Waals surface area contributed by atoms with Crippen molar-refractivity contribution >= 4 is 34.6 Å². The summed E-state index contributed by atoms with van der Waals surface area (Å²) in [7, 11) is 0. The van der Waals surface area contributed by atoms with Crippen LogP contribution in [-0.2, 0) is 6.18 Å². The van der Waals surface area contributed by atoms with Crippen molar-refractivity contribution in [1.29, 1.82) is 0 Å². The Kier molecular flexibility index (Phi) is 5.39. The van der Waals surface area contributed by atoms with E-state index in [4.69, 9.17) is 11.6 Å². The predicted octanol–water partition coefficient (Wildman–Crippen LogP) is 5.16. The zero-order chi connectivity index (χ0) is 18.9. The number of rotatable bonds is 3. The van der Waals surface area contributed by atoms with Crippen LogP contribution in [0.1, 0.15) is 38.4 Å². The first-order valence-corrected chi connectivity index (χ1v) is 9.27. The monoisotopic (exact) mass is 401 g/mol. The van der Waals surface area contributed by atoms with Gasteiger partial charge in [0.25, 0.3) is 5.91 Å². The Balaban J connectivity index is 1.76. The highest BCUT2D eigenvalue weighted by Gasteiger charge is 2.33. The maximum Gasteiger partial charge on any atom is 0.416 e. The van der Waals surface area contributed by atoms with Gasteiger partial charge in [-0.25, -0.2) is 0 Å². The molecule has 1 amide bonds. The Morgan fingerprint density at radius 1 is 1.23 bits per heavy atom. The van der Waals surface area contributed by atoms with Crippen molar-refractivity contribution in [2.45, 2.75) is 19.0 Å². The second kappa shape index (κ2) is 7.40. The van der Waals surface area contributed by atoms with E-state index in [1.807, 2.05) is 0 Å². The van der Waals surface area contributed by atoms with E-state index in [0.29, 0.717) is 29.3 Å². The number of alkyl halides is 3. The van der Waals surface area contributed by atoms with Crippen LogP contribution in [0.3, 0.4) is 0 Å². The van der Waals surface area contributed by atoms with Gasteiger partial charge in [-0.3, -0.25) is 9.59 Å². The third-order valence-corrected chi connectivity index (χ3v) is 5.69. The lowest BCUT2D eigenvalue weighted by molar-refractivity contribution is -0.137. The number of nitrogens with zero attached hydrogens (tertiary/aromatic N) is 1. The SMILES string of the molecule is O=C(c1cccc(C(F)(F)F)c1)C1CCCN(C(=O)c2sccc2Cl)C1. The minimum Gasteiger partial charge on any atom is -0.337 e. The quantitative estimate of drug-likeness (QED) is 0.666. The molecule has 1 fully saturated rings. The molecule has 0 aliphatic carbocycles. The van der Waals surface area contributed by atoms with Crippen molar-refractivity contribution in [2.24, 2.45) is 5.92 Å². The van der Waals surface area contributed by atoms with Gasteiger partial charge in [-0.05, 0) is 36.4 Å². The fourth-order valence-electron chi connectivity index (χ4n) is 3.05. The van der Waals surface area contributed by atoms with E-state index in [1.165, 1.54) is 23.5 Å². The van der Waals surface area contributed by atoms with Gasteiger partial charge in [0.15, 0.2) is 5.78 Å². The van der Waals surface area contributed by atoms with Crippen LogP contribution >= 0.6 is 22.9 Å². The molecule has 0 saturated carbocycles. The lowest BCUT2D eigenvalue weighted by atomic mass is 9.89. The number of benzene rings is 1. The molecule has 0 N–H and O–H groups in total. The van der Waals surface area contributed by atoms with Crippen LogP contribution in [0.4, 0.5) is 13.2 Å². The molecule has 3 nitrogen and oxygen atoms in total. The molecule has 2 heterocycles. The van der Waals surface area contributed by atoms with Crippen molar-refractivity contribution in [2.75, 3.05) is 13.1 Å². The molecule has 1 aromatic heterocycles. The molecule has 2 aromatic rings. The largest absolute Gasteiger partial charge is 0.416 e. The minimum atomic E-state index is -4.50. The van der Waals surface area contributed by atoms with Crippen LogP contribution in [0.25, 0.3) is 0 Å². The zero-order valence-electron chi connectivity index (χ0n) is 13.6. The van der Waals surface area contributed by atoms with Gasteiger partial charge in [-0.2, -0.15) is 13.2 Å². The average Bonchev–Trinajstić information content (AvgIpc) is 3.06.